The minimum Gasteiger partial charge on any atom is -0.454 e. The number of esters is 2. The summed E-state index contributed by atoms with van der Waals surface area (Å²) in [5.41, 5.74) is 2.54. The molecule has 0 amide bonds. The Hall–Kier alpha value is -3.40. The molecule has 0 saturated heterocycles. The van der Waals surface area contributed by atoms with Gasteiger partial charge in [-0.25, -0.2) is 9.59 Å². The van der Waals surface area contributed by atoms with Crippen molar-refractivity contribution in [1.29, 1.82) is 0 Å². The fraction of sp³-hybridized carbons (Fsp3) is 0.231. The van der Waals surface area contributed by atoms with E-state index in [1.165, 1.54) is 6.07 Å². The van der Waals surface area contributed by atoms with Crippen LogP contribution in [0, 0.1) is 0 Å². The van der Waals surface area contributed by atoms with Crippen LogP contribution in [0.1, 0.15) is 70.7 Å². The first-order valence-electron chi connectivity index (χ1n) is 10.2. The largest absolute Gasteiger partial charge is 0.454 e. The third kappa shape index (κ3) is 5.35. The van der Waals surface area contributed by atoms with Crippen LogP contribution in [0.25, 0.3) is 0 Å². The summed E-state index contributed by atoms with van der Waals surface area (Å²) in [5, 5.41) is 0. The molecule has 2 atom stereocenters. The van der Waals surface area contributed by atoms with E-state index in [1.54, 1.807) is 18.2 Å². The molecule has 0 saturated carbocycles. The molecule has 0 radical (unpaired) electrons. The van der Waals surface area contributed by atoms with Crippen LogP contribution in [0.4, 0.5) is 0 Å². The predicted molar refractivity (Wildman–Crippen MR) is 116 cm³/mol. The third-order valence-corrected chi connectivity index (χ3v) is 4.92. The topological polar surface area (TPSA) is 52.6 Å². The molecule has 0 bridgehead atoms. The zero-order valence-corrected chi connectivity index (χ0v) is 17.3. The SMILES string of the molecule is CCC(OC(=O)c1cccc(C(=O)OC(CC)c2ccccc2)c1)c1ccccc1. The van der Waals surface area contributed by atoms with Gasteiger partial charge in [0.25, 0.3) is 0 Å². The molecule has 154 valence electrons. The second-order valence-electron chi connectivity index (χ2n) is 7.01. The summed E-state index contributed by atoms with van der Waals surface area (Å²) in [6, 6.07) is 25.7. The molecule has 4 heteroatoms. The van der Waals surface area contributed by atoms with Crippen molar-refractivity contribution in [1.82, 2.24) is 0 Å². The van der Waals surface area contributed by atoms with Crippen LogP contribution in [-0.4, -0.2) is 11.9 Å². The second-order valence-corrected chi connectivity index (χ2v) is 7.01. The monoisotopic (exact) mass is 402 g/mol. The third-order valence-electron chi connectivity index (χ3n) is 4.92. The second kappa shape index (κ2) is 10.4. The first-order valence-corrected chi connectivity index (χ1v) is 10.2. The van der Waals surface area contributed by atoms with Crippen molar-refractivity contribution >= 4 is 11.9 Å². The molecule has 3 aromatic rings. The van der Waals surface area contributed by atoms with Crippen LogP contribution >= 0.6 is 0 Å². The molecule has 0 aliphatic carbocycles. The van der Waals surface area contributed by atoms with Crippen LogP contribution in [0.5, 0.6) is 0 Å². The van der Waals surface area contributed by atoms with Crippen molar-refractivity contribution < 1.29 is 19.1 Å². The Morgan fingerprint density at radius 3 is 1.40 bits per heavy atom. The highest BCUT2D eigenvalue weighted by molar-refractivity contribution is 5.95. The Balaban J connectivity index is 1.71. The highest BCUT2D eigenvalue weighted by Crippen LogP contribution is 2.24. The van der Waals surface area contributed by atoms with Crippen molar-refractivity contribution in [3.05, 3.63) is 107 Å². The summed E-state index contributed by atoms with van der Waals surface area (Å²) in [7, 11) is 0. The average Bonchev–Trinajstić information content (AvgIpc) is 2.81. The molecule has 0 spiro atoms. The minimum atomic E-state index is -0.463. The lowest BCUT2D eigenvalue weighted by molar-refractivity contribution is 0.0285. The van der Waals surface area contributed by atoms with Gasteiger partial charge >= 0.3 is 11.9 Å². The normalized spacial score (nSPS) is 12.6. The molecule has 3 rings (SSSR count). The Kier molecular flexibility index (Phi) is 7.39. The smallest absolute Gasteiger partial charge is 0.338 e. The van der Waals surface area contributed by atoms with E-state index >= 15 is 0 Å². The van der Waals surface area contributed by atoms with Gasteiger partial charge in [-0.3, -0.25) is 0 Å². The number of hydrogen-bond acceptors (Lipinski definition) is 4. The van der Waals surface area contributed by atoms with Gasteiger partial charge in [-0.05, 0) is 42.2 Å². The summed E-state index contributed by atoms with van der Waals surface area (Å²) in [6.07, 6.45) is 0.646. The van der Waals surface area contributed by atoms with Crippen molar-refractivity contribution in [3.8, 4) is 0 Å². The number of carbonyl (C=O) groups is 2. The van der Waals surface area contributed by atoms with Crippen LogP contribution in [0.15, 0.2) is 84.9 Å². The van der Waals surface area contributed by atoms with Gasteiger partial charge in [0, 0.05) is 0 Å². The molecular weight excluding hydrogens is 376 g/mol. The summed E-state index contributed by atoms with van der Waals surface area (Å²) in [4.78, 5) is 25.4. The zero-order valence-electron chi connectivity index (χ0n) is 17.3. The van der Waals surface area contributed by atoms with Crippen LogP contribution in [-0.2, 0) is 9.47 Å². The van der Waals surface area contributed by atoms with Gasteiger partial charge in [-0.2, -0.15) is 0 Å². The van der Waals surface area contributed by atoms with E-state index in [2.05, 4.69) is 0 Å². The van der Waals surface area contributed by atoms with Gasteiger partial charge in [-0.1, -0.05) is 80.6 Å². The fourth-order valence-corrected chi connectivity index (χ4v) is 3.28. The zero-order chi connectivity index (χ0) is 21.3. The molecule has 0 aromatic heterocycles. The Morgan fingerprint density at radius 1 is 0.633 bits per heavy atom. The Labute approximate surface area is 177 Å². The average molecular weight is 402 g/mol. The molecular formula is C26H26O4. The summed E-state index contributed by atoms with van der Waals surface area (Å²) >= 11 is 0. The van der Waals surface area contributed by atoms with Crippen molar-refractivity contribution in [3.63, 3.8) is 0 Å². The van der Waals surface area contributed by atoms with E-state index in [1.807, 2.05) is 74.5 Å². The molecule has 0 fully saturated rings. The summed E-state index contributed by atoms with van der Waals surface area (Å²) < 4.78 is 11.4. The van der Waals surface area contributed by atoms with Gasteiger partial charge < -0.3 is 9.47 Å². The number of hydrogen-bond donors (Lipinski definition) is 0. The number of carbonyl (C=O) groups excluding carboxylic acids is 2. The maximum Gasteiger partial charge on any atom is 0.338 e. The maximum atomic E-state index is 12.7. The van der Waals surface area contributed by atoms with Gasteiger partial charge in [0.1, 0.15) is 12.2 Å². The van der Waals surface area contributed by atoms with Gasteiger partial charge in [0.15, 0.2) is 0 Å². The lowest BCUT2D eigenvalue weighted by atomic mass is 10.1. The fourth-order valence-electron chi connectivity index (χ4n) is 3.28. The highest BCUT2D eigenvalue weighted by Gasteiger charge is 2.20. The van der Waals surface area contributed by atoms with Crippen molar-refractivity contribution in [2.45, 2.75) is 38.9 Å². The van der Waals surface area contributed by atoms with Crippen LogP contribution in [0.2, 0.25) is 0 Å². The van der Waals surface area contributed by atoms with Crippen molar-refractivity contribution in [2.75, 3.05) is 0 Å². The van der Waals surface area contributed by atoms with Gasteiger partial charge in [0.05, 0.1) is 11.1 Å². The molecule has 0 heterocycles. The van der Waals surface area contributed by atoms with E-state index in [9.17, 15) is 9.59 Å². The standard InChI is InChI=1S/C26H26O4/c1-3-23(19-12-7-5-8-13-19)29-25(27)21-16-11-17-22(18-21)26(28)30-24(4-2)20-14-9-6-10-15-20/h5-18,23-24H,3-4H2,1-2H3. The minimum absolute atomic E-state index is 0.326. The summed E-state index contributed by atoms with van der Waals surface area (Å²) in [5.74, 6) is -0.925. The lowest BCUT2D eigenvalue weighted by Crippen LogP contribution is -2.14. The van der Waals surface area contributed by atoms with E-state index < -0.39 is 11.9 Å². The summed E-state index contributed by atoms with van der Waals surface area (Å²) in [6.45, 7) is 3.93. The molecule has 3 aromatic carbocycles. The molecule has 30 heavy (non-hydrogen) atoms. The Bertz CT molecular complexity index is 890. The van der Waals surface area contributed by atoms with E-state index in [-0.39, 0.29) is 12.2 Å². The van der Waals surface area contributed by atoms with Crippen LogP contribution in [0.3, 0.4) is 0 Å². The quantitative estimate of drug-likeness (QED) is 0.415. The molecule has 2 unspecified atom stereocenters. The van der Waals surface area contributed by atoms with E-state index in [0.29, 0.717) is 24.0 Å². The molecule has 4 nitrogen and oxygen atoms in total. The van der Waals surface area contributed by atoms with Crippen LogP contribution < -0.4 is 0 Å². The van der Waals surface area contributed by atoms with E-state index in [4.69, 9.17) is 9.47 Å². The van der Waals surface area contributed by atoms with Gasteiger partial charge in [0.2, 0.25) is 0 Å². The molecule has 0 aliphatic heterocycles. The van der Waals surface area contributed by atoms with Crippen molar-refractivity contribution in [2.24, 2.45) is 0 Å². The maximum absolute atomic E-state index is 12.7. The van der Waals surface area contributed by atoms with E-state index in [0.717, 1.165) is 11.1 Å². The van der Waals surface area contributed by atoms with Gasteiger partial charge in [-0.15, -0.1) is 0 Å². The molecule has 0 N–H and O–H groups in total. The Morgan fingerprint density at radius 2 is 1.03 bits per heavy atom. The number of rotatable bonds is 8. The number of benzene rings is 3. The first-order chi connectivity index (χ1) is 14.6. The molecule has 0 aliphatic rings. The highest BCUT2D eigenvalue weighted by atomic mass is 16.5. The lowest BCUT2D eigenvalue weighted by Gasteiger charge is -2.18. The first kappa shape index (κ1) is 21.3. The predicted octanol–water partition coefficient (Wildman–Crippen LogP) is 6.30. The number of ether oxygens (including phenoxy) is 2.